The van der Waals surface area contributed by atoms with Gasteiger partial charge in [0.1, 0.15) is 5.78 Å². The highest BCUT2D eigenvalue weighted by atomic mass is 16.1. The molecule has 4 rings (SSSR count). The lowest BCUT2D eigenvalue weighted by Crippen LogP contribution is -2.39. The fraction of sp³-hybridized carbons (Fsp3) is 0.550. The zero-order valence-electron chi connectivity index (χ0n) is 13.3. The van der Waals surface area contributed by atoms with Gasteiger partial charge in [0.05, 0.1) is 0 Å². The first kappa shape index (κ1) is 13.3. The van der Waals surface area contributed by atoms with Crippen LogP contribution in [0.15, 0.2) is 30.4 Å². The minimum absolute atomic E-state index is 0.125. The van der Waals surface area contributed by atoms with Crippen molar-refractivity contribution in [3.8, 4) is 0 Å². The van der Waals surface area contributed by atoms with Gasteiger partial charge in [-0.2, -0.15) is 0 Å². The van der Waals surface area contributed by atoms with Gasteiger partial charge in [0, 0.05) is 18.3 Å². The molecular formula is C20H24O. The van der Waals surface area contributed by atoms with Crippen molar-refractivity contribution in [1.82, 2.24) is 0 Å². The summed E-state index contributed by atoms with van der Waals surface area (Å²) in [4.78, 5) is 12.4. The van der Waals surface area contributed by atoms with E-state index < -0.39 is 0 Å². The van der Waals surface area contributed by atoms with Crippen molar-refractivity contribution in [2.75, 3.05) is 0 Å². The molecule has 1 fully saturated rings. The number of ketones is 1. The monoisotopic (exact) mass is 280 g/mol. The molecular weight excluding hydrogens is 256 g/mol. The molecule has 1 nitrogen and oxygen atoms in total. The number of hydrogen-bond acceptors (Lipinski definition) is 1. The molecule has 0 saturated heterocycles. The van der Waals surface area contributed by atoms with E-state index in [0.29, 0.717) is 24.0 Å². The van der Waals surface area contributed by atoms with E-state index in [0.717, 1.165) is 6.42 Å². The quantitative estimate of drug-likeness (QED) is 0.646. The number of carbonyl (C=O) groups excluding carboxylic acids is 1. The van der Waals surface area contributed by atoms with Crippen molar-refractivity contribution in [1.29, 1.82) is 0 Å². The zero-order chi connectivity index (χ0) is 14.8. The highest BCUT2D eigenvalue weighted by Crippen LogP contribution is 2.57. The van der Waals surface area contributed by atoms with E-state index in [1.807, 2.05) is 0 Å². The number of benzene rings is 1. The molecule has 3 atom stereocenters. The highest BCUT2D eigenvalue weighted by molar-refractivity contribution is 5.85. The Labute approximate surface area is 127 Å². The Morgan fingerprint density at radius 1 is 1.19 bits per heavy atom. The van der Waals surface area contributed by atoms with Gasteiger partial charge in [0.15, 0.2) is 0 Å². The molecule has 3 unspecified atom stereocenters. The van der Waals surface area contributed by atoms with Crippen LogP contribution in [0.3, 0.4) is 0 Å². The number of hydrogen-bond donors (Lipinski definition) is 0. The number of rotatable bonds is 0. The maximum Gasteiger partial charge on any atom is 0.138 e. The van der Waals surface area contributed by atoms with Gasteiger partial charge in [-0.3, -0.25) is 4.79 Å². The Morgan fingerprint density at radius 3 is 2.62 bits per heavy atom. The van der Waals surface area contributed by atoms with Gasteiger partial charge in [0.2, 0.25) is 0 Å². The first-order valence-corrected chi connectivity index (χ1v) is 8.22. The summed E-state index contributed by atoms with van der Waals surface area (Å²) in [5.74, 6) is 1.73. The van der Waals surface area contributed by atoms with Crippen molar-refractivity contribution in [3.05, 3.63) is 47.0 Å². The molecule has 0 radical (unpaired) electrons. The third kappa shape index (κ3) is 1.86. The molecule has 21 heavy (non-hydrogen) atoms. The molecule has 0 amide bonds. The summed E-state index contributed by atoms with van der Waals surface area (Å²) < 4.78 is 0. The Kier molecular flexibility index (Phi) is 2.59. The topological polar surface area (TPSA) is 17.1 Å². The second-order valence-electron chi connectivity index (χ2n) is 8.36. The van der Waals surface area contributed by atoms with Crippen LogP contribution in [0.1, 0.15) is 56.7 Å². The molecule has 0 N–H and O–H groups in total. The van der Waals surface area contributed by atoms with E-state index in [2.05, 4.69) is 51.1 Å². The normalized spacial score (nSPS) is 33.8. The first-order chi connectivity index (χ1) is 9.88. The SMILES string of the molecule is CC(C)(C)c1ccc2c(c1)CC(=O)CC21CC2C=CC1C2. The molecule has 1 aromatic carbocycles. The van der Waals surface area contributed by atoms with Crippen molar-refractivity contribution < 1.29 is 4.79 Å². The number of allylic oxidation sites excluding steroid dienone is 2. The fourth-order valence-corrected chi connectivity index (χ4v) is 4.88. The molecule has 3 aliphatic carbocycles. The Morgan fingerprint density at radius 2 is 2.00 bits per heavy atom. The van der Waals surface area contributed by atoms with Gasteiger partial charge < -0.3 is 0 Å². The molecule has 0 heterocycles. The molecule has 0 aliphatic heterocycles. The van der Waals surface area contributed by atoms with Gasteiger partial charge in [-0.15, -0.1) is 0 Å². The maximum absolute atomic E-state index is 12.4. The van der Waals surface area contributed by atoms with Crippen LogP contribution in [0.2, 0.25) is 0 Å². The lowest BCUT2D eigenvalue weighted by atomic mass is 9.62. The second-order valence-corrected chi connectivity index (χ2v) is 8.36. The van der Waals surface area contributed by atoms with Crippen LogP contribution in [0.25, 0.3) is 0 Å². The van der Waals surface area contributed by atoms with Gasteiger partial charge in [0.25, 0.3) is 0 Å². The lowest BCUT2D eigenvalue weighted by molar-refractivity contribution is -0.120. The molecule has 3 aliphatic rings. The minimum Gasteiger partial charge on any atom is -0.299 e. The summed E-state index contributed by atoms with van der Waals surface area (Å²) in [6, 6.07) is 6.95. The number of fused-ring (bicyclic) bond motifs is 5. The van der Waals surface area contributed by atoms with E-state index in [-0.39, 0.29) is 10.8 Å². The highest BCUT2D eigenvalue weighted by Gasteiger charge is 2.52. The van der Waals surface area contributed by atoms with Crippen molar-refractivity contribution in [2.45, 2.75) is 57.3 Å². The predicted molar refractivity (Wildman–Crippen MR) is 85.5 cm³/mol. The van der Waals surface area contributed by atoms with Gasteiger partial charge in [-0.1, -0.05) is 51.1 Å². The van der Waals surface area contributed by atoms with Crippen molar-refractivity contribution in [3.63, 3.8) is 0 Å². The Balaban J connectivity index is 1.85. The summed E-state index contributed by atoms with van der Waals surface area (Å²) in [7, 11) is 0. The molecule has 1 heteroatoms. The Hall–Kier alpha value is -1.37. The van der Waals surface area contributed by atoms with Crippen LogP contribution in [-0.4, -0.2) is 5.78 Å². The third-order valence-electron chi connectivity index (χ3n) is 5.92. The number of Topliss-reactive ketones (excluding diaryl/α,β-unsaturated/α-hetero) is 1. The van der Waals surface area contributed by atoms with E-state index in [4.69, 9.17) is 0 Å². The van der Waals surface area contributed by atoms with E-state index in [9.17, 15) is 4.79 Å². The second kappa shape index (κ2) is 4.09. The average molecular weight is 280 g/mol. The van der Waals surface area contributed by atoms with Gasteiger partial charge >= 0.3 is 0 Å². The smallest absolute Gasteiger partial charge is 0.138 e. The molecule has 1 spiro atoms. The van der Waals surface area contributed by atoms with Crippen LogP contribution in [0.5, 0.6) is 0 Å². The molecule has 1 saturated carbocycles. The van der Waals surface area contributed by atoms with E-state index in [1.54, 1.807) is 0 Å². The fourth-order valence-electron chi connectivity index (χ4n) is 4.88. The third-order valence-corrected chi connectivity index (χ3v) is 5.92. The standard InChI is InChI=1S/C20H24O/c1-19(2,3)15-6-7-18-14(9-15)10-17(21)12-20(18)11-13-4-5-16(20)8-13/h4-7,9,13,16H,8,10-12H2,1-3H3. The van der Waals surface area contributed by atoms with Crippen LogP contribution in [-0.2, 0) is 22.0 Å². The maximum atomic E-state index is 12.4. The van der Waals surface area contributed by atoms with Crippen LogP contribution in [0.4, 0.5) is 0 Å². The predicted octanol–water partition coefficient (Wildman–Crippen LogP) is 4.33. The zero-order valence-corrected chi connectivity index (χ0v) is 13.3. The largest absolute Gasteiger partial charge is 0.299 e. The summed E-state index contributed by atoms with van der Waals surface area (Å²) in [5.41, 5.74) is 4.41. The Bertz CT molecular complexity index is 646. The van der Waals surface area contributed by atoms with Gasteiger partial charge in [-0.05, 0) is 46.8 Å². The van der Waals surface area contributed by atoms with Gasteiger partial charge in [-0.25, -0.2) is 0 Å². The summed E-state index contributed by atoms with van der Waals surface area (Å²) in [5, 5.41) is 0. The van der Waals surface area contributed by atoms with Crippen molar-refractivity contribution >= 4 is 5.78 Å². The molecule has 1 aromatic rings. The molecule has 110 valence electrons. The van der Waals surface area contributed by atoms with Crippen molar-refractivity contribution in [2.24, 2.45) is 11.8 Å². The average Bonchev–Trinajstić information content (AvgIpc) is 2.97. The number of carbonyl (C=O) groups is 1. The first-order valence-electron chi connectivity index (χ1n) is 8.22. The van der Waals surface area contributed by atoms with E-state index >= 15 is 0 Å². The summed E-state index contributed by atoms with van der Waals surface area (Å²) in [6.07, 6.45) is 8.60. The van der Waals surface area contributed by atoms with Crippen LogP contribution < -0.4 is 0 Å². The summed E-state index contributed by atoms with van der Waals surface area (Å²) >= 11 is 0. The van der Waals surface area contributed by atoms with Crippen LogP contribution >= 0.6 is 0 Å². The van der Waals surface area contributed by atoms with E-state index in [1.165, 1.54) is 29.5 Å². The molecule has 0 aromatic heterocycles. The minimum atomic E-state index is 0.125. The molecule has 2 bridgehead atoms. The summed E-state index contributed by atoms with van der Waals surface area (Å²) in [6.45, 7) is 6.74. The van der Waals surface area contributed by atoms with Crippen LogP contribution in [0, 0.1) is 11.8 Å². The lowest BCUT2D eigenvalue weighted by Gasteiger charge is -2.41.